The number of hydrogen-bond donors (Lipinski definition) is 3. The van der Waals surface area contributed by atoms with E-state index in [-0.39, 0.29) is 21.4 Å². The number of benzene rings is 3. The van der Waals surface area contributed by atoms with Gasteiger partial charge in [0.2, 0.25) is 0 Å². The van der Waals surface area contributed by atoms with Crippen LogP contribution in [0.3, 0.4) is 0 Å². The van der Waals surface area contributed by atoms with Crippen molar-refractivity contribution in [1.29, 1.82) is 0 Å². The number of aryl methyl sites for hydroxylation is 1. The summed E-state index contributed by atoms with van der Waals surface area (Å²) in [5.74, 6) is 0. The molecular weight excluding hydrogens is 498 g/mol. The van der Waals surface area contributed by atoms with Gasteiger partial charge in [-0.2, -0.15) is 21.9 Å². The Balaban J connectivity index is 2.26. The summed E-state index contributed by atoms with van der Waals surface area (Å²) < 4.78 is 70.3. The molecule has 0 saturated carbocycles. The largest absolute Gasteiger partial charge is 0.295 e. The van der Waals surface area contributed by atoms with Crippen molar-refractivity contribution in [2.45, 2.75) is 21.6 Å². The van der Waals surface area contributed by atoms with Gasteiger partial charge < -0.3 is 0 Å². The summed E-state index contributed by atoms with van der Waals surface area (Å²) in [6, 6.07) is 9.04. The molecule has 0 saturated heterocycles. The molecule has 0 unspecified atom stereocenters. The monoisotopic (exact) mass is 513 g/mol. The Labute approximate surface area is 192 Å². The number of hydrogen-bond acceptors (Lipinski definition) is 11. The zero-order valence-corrected chi connectivity index (χ0v) is 19.1. The van der Waals surface area contributed by atoms with Crippen molar-refractivity contribution in [3.05, 3.63) is 48.0 Å². The highest BCUT2D eigenvalue weighted by Crippen LogP contribution is 2.39. The van der Waals surface area contributed by atoms with E-state index in [4.69, 9.17) is 5.26 Å². The molecule has 0 radical (unpaired) electrons. The van der Waals surface area contributed by atoms with Crippen molar-refractivity contribution in [3.8, 4) is 0 Å². The molecule has 0 aliphatic rings. The van der Waals surface area contributed by atoms with Crippen LogP contribution in [0.4, 0.5) is 17.1 Å². The summed E-state index contributed by atoms with van der Waals surface area (Å²) in [7, 11) is -9.71. The molecule has 0 atom stereocenters. The Morgan fingerprint density at radius 2 is 1.64 bits per heavy atom. The van der Waals surface area contributed by atoms with Crippen LogP contribution in [0, 0.1) is 6.92 Å². The quantitative estimate of drug-likeness (QED) is 0.0942. The topological polar surface area (TPSA) is 185 Å². The van der Waals surface area contributed by atoms with E-state index in [0.29, 0.717) is 35.0 Å². The molecule has 0 spiro atoms. The first kappa shape index (κ1) is 24.9. The maximum atomic E-state index is 11.9. The highest BCUT2D eigenvalue weighted by atomic mass is 32.2. The average Bonchev–Trinajstić information content (AvgIpc) is 2.74. The zero-order chi connectivity index (χ0) is 24.4. The lowest BCUT2D eigenvalue weighted by atomic mass is 10.1. The Bertz CT molecular complexity index is 1490. The van der Waals surface area contributed by atoms with Crippen LogP contribution in [-0.2, 0) is 29.6 Å². The second kappa shape index (κ2) is 9.62. The zero-order valence-electron chi connectivity index (χ0n) is 16.6. The number of fused-ring (bicyclic) bond motifs is 1. The van der Waals surface area contributed by atoms with Gasteiger partial charge in [0.05, 0.1) is 33.2 Å². The molecule has 3 N–H and O–H groups in total. The second-order valence-corrected chi connectivity index (χ2v) is 10.0. The van der Waals surface area contributed by atoms with Gasteiger partial charge in [-0.1, -0.05) is 5.04 Å². The molecule has 0 bridgehead atoms. The van der Waals surface area contributed by atoms with Crippen LogP contribution in [0.25, 0.3) is 10.8 Å². The SMILES string of the molecule is C=Nc1ccc(N=Nc2cc3c(S(=O)(=O)O)cc(S(=O)(=O)O)cc3cc2SOOO)c(C)c1. The number of rotatable bonds is 8. The van der Waals surface area contributed by atoms with E-state index in [9.17, 15) is 25.9 Å². The fourth-order valence-corrected chi connectivity index (χ4v) is 4.65. The Hall–Kier alpha value is -2.76. The molecule has 33 heavy (non-hydrogen) atoms. The van der Waals surface area contributed by atoms with Gasteiger partial charge in [-0.15, -0.1) is 9.45 Å². The van der Waals surface area contributed by atoms with Crippen molar-refractivity contribution < 1.29 is 40.6 Å². The highest BCUT2D eigenvalue weighted by Gasteiger charge is 2.22. The Morgan fingerprint density at radius 3 is 2.21 bits per heavy atom. The number of aliphatic imine (C=N–C) groups is 1. The molecule has 12 nitrogen and oxygen atoms in total. The Morgan fingerprint density at radius 1 is 0.939 bits per heavy atom. The summed E-state index contributed by atoms with van der Waals surface area (Å²) in [5, 5.41) is 20.1. The van der Waals surface area contributed by atoms with E-state index in [1.165, 1.54) is 12.1 Å². The van der Waals surface area contributed by atoms with E-state index in [1.54, 1.807) is 25.1 Å². The van der Waals surface area contributed by atoms with Crippen molar-refractivity contribution in [2.24, 2.45) is 15.2 Å². The van der Waals surface area contributed by atoms with Gasteiger partial charge in [0.1, 0.15) is 10.6 Å². The Kier molecular flexibility index (Phi) is 7.25. The second-order valence-electron chi connectivity index (χ2n) is 6.47. The third kappa shape index (κ3) is 5.79. The lowest BCUT2D eigenvalue weighted by Gasteiger charge is -2.10. The minimum absolute atomic E-state index is 0.0154. The van der Waals surface area contributed by atoms with Crippen LogP contribution < -0.4 is 0 Å². The van der Waals surface area contributed by atoms with Gasteiger partial charge in [0.25, 0.3) is 20.2 Å². The van der Waals surface area contributed by atoms with Crippen molar-refractivity contribution in [1.82, 2.24) is 0 Å². The molecule has 0 aliphatic heterocycles. The van der Waals surface area contributed by atoms with E-state index in [0.717, 1.165) is 6.07 Å². The summed E-state index contributed by atoms with van der Waals surface area (Å²) in [4.78, 5) is 2.39. The van der Waals surface area contributed by atoms with Gasteiger partial charge in [-0.3, -0.25) is 14.1 Å². The fourth-order valence-electron chi connectivity index (χ4n) is 2.84. The molecule has 0 fully saturated rings. The summed E-state index contributed by atoms with van der Waals surface area (Å²) >= 11 is 0.461. The van der Waals surface area contributed by atoms with Crippen LogP contribution in [-0.4, -0.2) is 37.9 Å². The molecule has 0 amide bonds. The minimum Gasteiger partial charge on any atom is -0.282 e. The average molecular weight is 514 g/mol. The van der Waals surface area contributed by atoms with Crippen LogP contribution in [0.15, 0.2) is 72.4 Å². The molecule has 3 rings (SSSR count). The van der Waals surface area contributed by atoms with Crippen LogP contribution in [0.2, 0.25) is 0 Å². The van der Waals surface area contributed by atoms with Gasteiger partial charge in [-0.05, 0) is 67.1 Å². The third-order valence-corrected chi connectivity index (χ3v) is 6.69. The third-order valence-electron chi connectivity index (χ3n) is 4.33. The molecule has 0 aromatic heterocycles. The van der Waals surface area contributed by atoms with E-state index in [1.807, 2.05) is 0 Å². The lowest BCUT2D eigenvalue weighted by Crippen LogP contribution is -2.04. The van der Waals surface area contributed by atoms with Crippen LogP contribution in [0.1, 0.15) is 5.56 Å². The number of azo groups is 1. The molecule has 0 aliphatic carbocycles. The molecule has 174 valence electrons. The van der Waals surface area contributed by atoms with E-state index >= 15 is 0 Å². The fraction of sp³-hybridized carbons (Fsp3) is 0.0556. The van der Waals surface area contributed by atoms with Crippen LogP contribution >= 0.6 is 12.0 Å². The van der Waals surface area contributed by atoms with Gasteiger partial charge in [0, 0.05) is 5.39 Å². The summed E-state index contributed by atoms with van der Waals surface area (Å²) in [6.45, 7) is 5.20. The summed E-state index contributed by atoms with van der Waals surface area (Å²) in [6.07, 6.45) is 0. The maximum Gasteiger partial charge on any atom is 0.295 e. The van der Waals surface area contributed by atoms with Gasteiger partial charge in [0.15, 0.2) is 0 Å². The number of nitrogens with zero attached hydrogens (tertiary/aromatic N) is 3. The molecular formula is C18H15N3O9S3. The molecule has 3 aromatic carbocycles. The van der Waals surface area contributed by atoms with Gasteiger partial charge in [-0.25, -0.2) is 5.26 Å². The molecule has 0 heterocycles. The standard InChI is InChI=1S/C18H15N3O9S3/c1-10-5-12(19-2)3-4-15(10)20-21-16-9-14-11(7-17(16)31-30-29-22)6-13(32(23,24)25)8-18(14)33(26,27)28/h3-9,22H,2H2,1H3,(H,23,24,25)(H,26,27,28). The van der Waals surface area contributed by atoms with Crippen molar-refractivity contribution >= 4 is 66.8 Å². The lowest BCUT2D eigenvalue weighted by molar-refractivity contribution is -0.432. The normalized spacial score (nSPS) is 12.5. The van der Waals surface area contributed by atoms with E-state index < -0.39 is 30.0 Å². The first-order valence-corrected chi connectivity index (χ1v) is 12.3. The predicted octanol–water partition coefficient (Wildman–Crippen LogP) is 4.82. The maximum absolute atomic E-state index is 11.9. The van der Waals surface area contributed by atoms with Crippen LogP contribution in [0.5, 0.6) is 0 Å². The van der Waals surface area contributed by atoms with Gasteiger partial charge >= 0.3 is 0 Å². The highest BCUT2D eigenvalue weighted by molar-refractivity contribution is 7.94. The first-order chi connectivity index (χ1) is 15.4. The first-order valence-electron chi connectivity index (χ1n) is 8.64. The van der Waals surface area contributed by atoms with E-state index in [2.05, 4.69) is 31.3 Å². The predicted molar refractivity (Wildman–Crippen MR) is 119 cm³/mol. The van der Waals surface area contributed by atoms with Crippen molar-refractivity contribution in [2.75, 3.05) is 0 Å². The van der Waals surface area contributed by atoms with Crippen molar-refractivity contribution in [3.63, 3.8) is 0 Å². The molecule has 15 heteroatoms. The smallest absolute Gasteiger partial charge is 0.282 e. The molecule has 3 aromatic rings. The minimum atomic E-state index is -4.91. The summed E-state index contributed by atoms with van der Waals surface area (Å²) in [5.41, 5.74) is 1.81.